The summed E-state index contributed by atoms with van der Waals surface area (Å²) in [6, 6.07) is 11.5. The number of rotatable bonds is 8. The molecule has 3 atom stereocenters. The minimum absolute atomic E-state index is 0.0334. The van der Waals surface area contributed by atoms with Crippen LogP contribution in [0.25, 0.3) is 10.9 Å². The standard InChI is InChI=1S/C38H48N8O7/c1-23(2)34-37(50)39-14-16-53-27-12-10-25(11-13-27)18-31(42-35(48)29-21-41-45(4)24(29)3)36(49)43-32(19-26-20-40-30-9-7-6-8-28(26)30)38(51)46(15-17-52-5)22-33(47)44-34/h6-13,20-21,23,31-32,34,40H,14-19,22H2,1-5H3,(H,39,50)(H,42,48)(H,43,49)(H,44,47)/t31-,32-,34-/m0/s1. The maximum Gasteiger partial charge on any atom is 0.255 e. The zero-order chi connectivity index (χ0) is 38.1. The van der Waals surface area contributed by atoms with E-state index in [1.165, 1.54) is 18.2 Å². The number of carbonyl (C=O) groups excluding carboxylic acids is 5. The summed E-state index contributed by atoms with van der Waals surface area (Å²) in [5.74, 6) is -2.28. The monoisotopic (exact) mass is 728 g/mol. The molecular weight excluding hydrogens is 680 g/mol. The fourth-order valence-corrected chi connectivity index (χ4v) is 6.19. The third-order valence-corrected chi connectivity index (χ3v) is 9.33. The summed E-state index contributed by atoms with van der Waals surface area (Å²) < 4.78 is 12.7. The van der Waals surface area contributed by atoms with Crippen molar-refractivity contribution in [2.45, 2.75) is 51.7 Å². The van der Waals surface area contributed by atoms with Crippen molar-refractivity contribution in [3.05, 3.63) is 83.3 Å². The van der Waals surface area contributed by atoms with Crippen molar-refractivity contribution in [3.63, 3.8) is 0 Å². The number of hydrogen-bond acceptors (Lipinski definition) is 8. The summed E-state index contributed by atoms with van der Waals surface area (Å²) in [6.45, 7) is 5.49. The van der Waals surface area contributed by atoms with Crippen LogP contribution >= 0.6 is 0 Å². The second-order valence-corrected chi connectivity index (χ2v) is 13.4. The molecule has 2 bridgehead atoms. The van der Waals surface area contributed by atoms with Crippen molar-refractivity contribution >= 4 is 40.4 Å². The molecule has 282 valence electrons. The number of H-pyrrole nitrogens is 1. The van der Waals surface area contributed by atoms with Gasteiger partial charge < -0.3 is 40.6 Å². The molecule has 2 aliphatic heterocycles. The van der Waals surface area contributed by atoms with Crippen LogP contribution in [-0.2, 0) is 43.8 Å². The lowest BCUT2D eigenvalue weighted by molar-refractivity contribution is -0.141. The van der Waals surface area contributed by atoms with Gasteiger partial charge in [0.1, 0.15) is 30.5 Å². The first-order chi connectivity index (χ1) is 25.4. The van der Waals surface area contributed by atoms with Crippen LogP contribution in [0.4, 0.5) is 0 Å². The number of ether oxygens (including phenoxy) is 2. The summed E-state index contributed by atoms with van der Waals surface area (Å²) in [5, 5.41) is 16.4. The van der Waals surface area contributed by atoms with Crippen molar-refractivity contribution in [1.82, 2.24) is 40.9 Å². The minimum Gasteiger partial charge on any atom is -0.492 e. The van der Waals surface area contributed by atoms with E-state index in [9.17, 15) is 24.0 Å². The molecule has 15 heteroatoms. The molecule has 6 rings (SSSR count). The number of aryl methyl sites for hydroxylation is 1. The second kappa shape index (κ2) is 17.7. The van der Waals surface area contributed by atoms with E-state index in [4.69, 9.17) is 9.47 Å². The first-order valence-electron chi connectivity index (χ1n) is 17.7. The van der Waals surface area contributed by atoms with Crippen LogP contribution in [0, 0.1) is 12.8 Å². The third-order valence-electron chi connectivity index (χ3n) is 9.33. The maximum absolute atomic E-state index is 14.5. The van der Waals surface area contributed by atoms with E-state index in [2.05, 4.69) is 31.3 Å². The van der Waals surface area contributed by atoms with Gasteiger partial charge in [-0.15, -0.1) is 0 Å². The highest BCUT2D eigenvalue weighted by Crippen LogP contribution is 2.21. The molecule has 5 amide bonds. The van der Waals surface area contributed by atoms with Crippen LogP contribution in [0.3, 0.4) is 0 Å². The van der Waals surface area contributed by atoms with Crippen molar-refractivity contribution in [2.24, 2.45) is 13.0 Å². The van der Waals surface area contributed by atoms with Crippen LogP contribution in [0.15, 0.2) is 60.9 Å². The van der Waals surface area contributed by atoms with Crippen LogP contribution in [0.2, 0.25) is 0 Å². The number of nitrogens with zero attached hydrogens (tertiary/aromatic N) is 3. The first-order valence-corrected chi connectivity index (χ1v) is 17.7. The van der Waals surface area contributed by atoms with Crippen LogP contribution in [0.5, 0.6) is 5.75 Å². The molecule has 15 nitrogen and oxygen atoms in total. The van der Waals surface area contributed by atoms with Gasteiger partial charge in [-0.1, -0.05) is 44.2 Å². The van der Waals surface area contributed by atoms with Gasteiger partial charge in [-0.3, -0.25) is 28.7 Å². The number of methoxy groups -OCH3 is 1. The molecule has 4 heterocycles. The summed E-state index contributed by atoms with van der Waals surface area (Å²) in [5.41, 5.74) is 3.27. The van der Waals surface area contributed by atoms with Crippen LogP contribution in [0.1, 0.15) is 41.0 Å². The van der Waals surface area contributed by atoms with Gasteiger partial charge in [-0.05, 0) is 42.2 Å². The summed E-state index contributed by atoms with van der Waals surface area (Å²) in [4.78, 5) is 73.6. The van der Waals surface area contributed by atoms with E-state index in [0.717, 1.165) is 22.0 Å². The topological polar surface area (TPSA) is 189 Å². The number of hydrogen-bond donors (Lipinski definition) is 5. The van der Waals surface area contributed by atoms with E-state index in [1.54, 1.807) is 49.1 Å². The fraction of sp³-hybridized carbons (Fsp3) is 0.421. The molecule has 53 heavy (non-hydrogen) atoms. The predicted molar refractivity (Wildman–Crippen MR) is 197 cm³/mol. The van der Waals surface area contributed by atoms with Gasteiger partial charge in [0.15, 0.2) is 0 Å². The number of para-hydroxylation sites is 1. The van der Waals surface area contributed by atoms with Gasteiger partial charge in [-0.25, -0.2) is 0 Å². The molecule has 0 spiro atoms. The lowest BCUT2D eigenvalue weighted by Gasteiger charge is -2.30. The van der Waals surface area contributed by atoms with E-state index in [1.807, 2.05) is 38.1 Å². The van der Waals surface area contributed by atoms with E-state index in [0.29, 0.717) is 17.0 Å². The highest BCUT2D eigenvalue weighted by atomic mass is 16.5. The maximum atomic E-state index is 14.5. The molecule has 2 aliphatic rings. The van der Waals surface area contributed by atoms with Crippen molar-refractivity contribution in [3.8, 4) is 5.75 Å². The molecule has 0 aliphatic carbocycles. The fourth-order valence-electron chi connectivity index (χ4n) is 6.19. The lowest BCUT2D eigenvalue weighted by Crippen LogP contribution is -2.58. The zero-order valence-corrected chi connectivity index (χ0v) is 30.7. The smallest absolute Gasteiger partial charge is 0.255 e. The largest absolute Gasteiger partial charge is 0.492 e. The number of nitrogens with one attached hydrogen (secondary N) is 5. The number of fused-ring (bicyclic) bond motifs is 18. The van der Waals surface area contributed by atoms with Crippen molar-refractivity contribution in [2.75, 3.05) is 40.0 Å². The SMILES string of the molecule is COCCN1CC(=O)N[C@@H](C(C)C)C(=O)NCCOc2ccc(cc2)C[C@H](NC(=O)c2cnn(C)c2C)C(=O)N[C@@H](Cc2c[nH]c3ccccc23)C1=O. The predicted octanol–water partition coefficient (Wildman–Crippen LogP) is 1.40. The highest BCUT2D eigenvalue weighted by molar-refractivity contribution is 5.99. The summed E-state index contributed by atoms with van der Waals surface area (Å²) >= 11 is 0. The van der Waals surface area contributed by atoms with Crippen LogP contribution in [-0.4, -0.2) is 107 Å². The summed E-state index contributed by atoms with van der Waals surface area (Å²) in [6.07, 6.45) is 3.39. The Morgan fingerprint density at radius 2 is 1.81 bits per heavy atom. The molecule has 5 N–H and O–H groups in total. The second-order valence-electron chi connectivity index (χ2n) is 13.4. The Morgan fingerprint density at radius 1 is 1.06 bits per heavy atom. The molecule has 2 aromatic carbocycles. The Morgan fingerprint density at radius 3 is 2.51 bits per heavy atom. The summed E-state index contributed by atoms with van der Waals surface area (Å²) in [7, 11) is 3.20. The molecule has 0 unspecified atom stereocenters. The van der Waals surface area contributed by atoms with Gasteiger partial charge in [0.25, 0.3) is 5.91 Å². The number of aromatic amines is 1. The van der Waals surface area contributed by atoms with Gasteiger partial charge in [0.2, 0.25) is 23.6 Å². The molecular formula is C38H48N8O7. The Hall–Kier alpha value is -5.70. The number of aromatic nitrogens is 3. The van der Waals surface area contributed by atoms with Gasteiger partial charge in [-0.2, -0.15) is 5.10 Å². The third kappa shape index (κ3) is 9.80. The first kappa shape index (κ1) is 38.5. The molecule has 4 aromatic rings. The number of amides is 5. The normalized spacial score (nSPS) is 19.4. The average Bonchev–Trinajstić information content (AvgIpc) is 3.71. The highest BCUT2D eigenvalue weighted by Gasteiger charge is 2.33. The minimum atomic E-state index is -1.16. The van der Waals surface area contributed by atoms with E-state index < -0.39 is 48.3 Å². The molecule has 0 fully saturated rings. The van der Waals surface area contributed by atoms with E-state index >= 15 is 0 Å². The quantitative estimate of drug-likeness (QED) is 0.168. The Balaban J connectivity index is 1.53. The molecule has 0 saturated carbocycles. The van der Waals surface area contributed by atoms with Gasteiger partial charge in [0, 0.05) is 56.3 Å². The van der Waals surface area contributed by atoms with Gasteiger partial charge >= 0.3 is 0 Å². The molecule has 0 saturated heterocycles. The number of benzene rings is 2. The van der Waals surface area contributed by atoms with Crippen molar-refractivity contribution in [1.29, 1.82) is 0 Å². The zero-order valence-electron chi connectivity index (χ0n) is 30.7. The Labute approximate surface area is 308 Å². The Bertz CT molecular complexity index is 1920. The molecule has 0 radical (unpaired) electrons. The Kier molecular flexibility index (Phi) is 12.9. The van der Waals surface area contributed by atoms with Crippen molar-refractivity contribution < 1.29 is 33.4 Å². The number of carbonyl (C=O) groups is 5. The lowest BCUT2D eigenvalue weighted by atomic mass is 10.0. The van der Waals surface area contributed by atoms with Crippen LogP contribution < -0.4 is 26.0 Å². The van der Waals surface area contributed by atoms with Gasteiger partial charge in [0.05, 0.1) is 31.5 Å². The average molecular weight is 729 g/mol. The molecule has 2 aromatic heterocycles. The van der Waals surface area contributed by atoms with E-state index in [-0.39, 0.29) is 51.0 Å².